The summed E-state index contributed by atoms with van der Waals surface area (Å²) in [6, 6.07) is 0. The summed E-state index contributed by atoms with van der Waals surface area (Å²) in [5, 5.41) is 5.59. The fourth-order valence-electron chi connectivity index (χ4n) is 3.13. The van der Waals surface area contributed by atoms with Gasteiger partial charge < -0.3 is 4.98 Å². The van der Waals surface area contributed by atoms with E-state index in [9.17, 15) is 17.4 Å². The molecule has 144 valence electrons. The Hall–Kier alpha value is -3.09. The first kappa shape index (κ1) is 17.0. The second kappa shape index (κ2) is 5.95. The molecule has 4 aromatic rings. The summed E-state index contributed by atoms with van der Waals surface area (Å²) in [5.41, 5.74) is 2.66. The SMILES string of the molecule is O=S1CCc2nc3nc(-c4n[nH]c(C(F)(F)F)n4)c(-c4cnc[nH]4)n3cc2C1. The number of H-pyrrole nitrogens is 2. The normalized spacial score (nSPS) is 17.2. The molecule has 9 nitrogen and oxygen atoms in total. The van der Waals surface area contributed by atoms with Gasteiger partial charge in [-0.15, -0.1) is 0 Å². The Kier molecular flexibility index (Phi) is 3.62. The number of aryl methyl sites for hydroxylation is 1. The summed E-state index contributed by atoms with van der Waals surface area (Å²) < 4.78 is 52.3. The molecule has 1 aliphatic heterocycles. The number of aromatic amines is 2. The summed E-state index contributed by atoms with van der Waals surface area (Å²) in [6.07, 6.45) is 0.623. The molecule has 13 heteroatoms. The van der Waals surface area contributed by atoms with Gasteiger partial charge in [0.25, 0.3) is 0 Å². The fraction of sp³-hybridized carbons (Fsp3) is 0.267. The quantitative estimate of drug-likeness (QED) is 0.522. The van der Waals surface area contributed by atoms with Crippen molar-refractivity contribution in [3.63, 3.8) is 0 Å². The van der Waals surface area contributed by atoms with Gasteiger partial charge in [-0.25, -0.2) is 19.9 Å². The van der Waals surface area contributed by atoms with Crippen molar-refractivity contribution < 1.29 is 17.4 Å². The van der Waals surface area contributed by atoms with Crippen molar-refractivity contribution in [3.05, 3.63) is 35.8 Å². The topological polar surface area (TPSA) is 118 Å². The highest BCUT2D eigenvalue weighted by molar-refractivity contribution is 7.84. The smallest absolute Gasteiger partial charge is 0.343 e. The third kappa shape index (κ3) is 2.69. The van der Waals surface area contributed by atoms with Gasteiger partial charge in [0.15, 0.2) is 0 Å². The van der Waals surface area contributed by atoms with Crippen LogP contribution in [0.5, 0.6) is 0 Å². The molecule has 0 saturated heterocycles. The van der Waals surface area contributed by atoms with Gasteiger partial charge in [-0.2, -0.15) is 18.3 Å². The van der Waals surface area contributed by atoms with Gasteiger partial charge in [0.05, 0.1) is 29.7 Å². The van der Waals surface area contributed by atoms with E-state index in [4.69, 9.17) is 0 Å². The van der Waals surface area contributed by atoms with Crippen LogP contribution in [-0.2, 0) is 29.1 Å². The summed E-state index contributed by atoms with van der Waals surface area (Å²) in [7, 11) is -0.972. The molecule has 0 fully saturated rings. The van der Waals surface area contributed by atoms with Crippen molar-refractivity contribution in [1.82, 2.24) is 39.5 Å². The molecule has 0 aromatic carbocycles. The van der Waals surface area contributed by atoms with Crippen LogP contribution < -0.4 is 0 Å². The molecule has 28 heavy (non-hydrogen) atoms. The number of imidazole rings is 2. The van der Waals surface area contributed by atoms with Crippen molar-refractivity contribution in [2.24, 2.45) is 0 Å². The minimum Gasteiger partial charge on any atom is -0.343 e. The molecule has 1 atom stereocenters. The zero-order valence-electron chi connectivity index (χ0n) is 14.0. The highest BCUT2D eigenvalue weighted by Gasteiger charge is 2.36. The molecule has 2 N–H and O–H groups in total. The van der Waals surface area contributed by atoms with Crippen molar-refractivity contribution in [3.8, 4) is 22.9 Å². The molecule has 0 radical (unpaired) electrons. The molecule has 0 spiro atoms. The van der Waals surface area contributed by atoms with E-state index in [1.165, 1.54) is 12.5 Å². The highest BCUT2D eigenvalue weighted by atomic mass is 32.2. The minimum atomic E-state index is -4.65. The Balaban J connectivity index is 1.76. The molecular weight excluding hydrogens is 397 g/mol. The second-order valence-electron chi connectivity index (χ2n) is 6.20. The molecular formula is C15H11F3N8OS. The Bertz CT molecular complexity index is 1210. The largest absolute Gasteiger partial charge is 0.451 e. The Labute approximate surface area is 156 Å². The molecule has 4 aromatic heterocycles. The van der Waals surface area contributed by atoms with Crippen molar-refractivity contribution in [2.45, 2.75) is 18.3 Å². The van der Waals surface area contributed by atoms with Gasteiger partial charge in [-0.05, 0) is 0 Å². The molecule has 1 aliphatic rings. The highest BCUT2D eigenvalue weighted by Crippen LogP contribution is 2.33. The first-order valence-corrected chi connectivity index (χ1v) is 9.63. The Morgan fingerprint density at radius 1 is 1.21 bits per heavy atom. The van der Waals surface area contributed by atoms with E-state index in [0.29, 0.717) is 35.1 Å². The lowest BCUT2D eigenvalue weighted by Crippen LogP contribution is -2.16. The summed E-state index contributed by atoms with van der Waals surface area (Å²) >= 11 is 0. The van der Waals surface area contributed by atoms with E-state index >= 15 is 0 Å². The number of aromatic nitrogens is 8. The maximum absolute atomic E-state index is 12.9. The van der Waals surface area contributed by atoms with Crippen LogP contribution in [0, 0.1) is 0 Å². The number of alkyl halides is 3. The lowest BCUT2D eigenvalue weighted by molar-refractivity contribution is -0.144. The third-order valence-corrected chi connectivity index (χ3v) is 5.68. The second-order valence-corrected chi connectivity index (χ2v) is 7.78. The van der Waals surface area contributed by atoms with Gasteiger partial charge in [0, 0.05) is 34.7 Å². The van der Waals surface area contributed by atoms with Crippen LogP contribution in [0.25, 0.3) is 28.7 Å². The van der Waals surface area contributed by atoms with Crippen LogP contribution in [0.1, 0.15) is 17.1 Å². The number of hydrogen-bond donors (Lipinski definition) is 2. The number of fused-ring (bicyclic) bond motifs is 2. The van der Waals surface area contributed by atoms with Crippen LogP contribution in [0.4, 0.5) is 13.2 Å². The molecule has 0 bridgehead atoms. The minimum absolute atomic E-state index is 0.131. The predicted octanol–water partition coefficient (Wildman–Crippen LogP) is 1.73. The van der Waals surface area contributed by atoms with Gasteiger partial charge >= 0.3 is 6.18 Å². The maximum atomic E-state index is 12.9. The first-order chi connectivity index (χ1) is 13.4. The first-order valence-electron chi connectivity index (χ1n) is 8.14. The molecule has 0 aliphatic carbocycles. The molecule has 0 saturated carbocycles. The average Bonchev–Trinajstić information content (AvgIpc) is 3.37. The average molecular weight is 408 g/mol. The standard InChI is InChI=1S/C15H11F3N8OS/c16-15(17,18)13-23-12(24-25-13)10-11(9-3-19-6-20-9)26-4-7-5-28(27)2-1-8(7)21-14(26)22-10/h3-4,6H,1-2,5H2,(H,19,20)(H,23,24,25). The molecule has 1 unspecified atom stereocenters. The van der Waals surface area contributed by atoms with Gasteiger partial charge in [-0.1, -0.05) is 0 Å². The van der Waals surface area contributed by atoms with Crippen LogP contribution in [0.15, 0.2) is 18.7 Å². The van der Waals surface area contributed by atoms with E-state index < -0.39 is 22.8 Å². The third-order valence-electron chi connectivity index (χ3n) is 4.39. The zero-order valence-corrected chi connectivity index (χ0v) is 14.8. The van der Waals surface area contributed by atoms with E-state index in [0.717, 1.165) is 11.3 Å². The number of nitrogens with one attached hydrogen (secondary N) is 2. The van der Waals surface area contributed by atoms with Crippen molar-refractivity contribution in [1.29, 1.82) is 0 Å². The maximum Gasteiger partial charge on any atom is 0.451 e. The monoisotopic (exact) mass is 408 g/mol. The van der Waals surface area contributed by atoms with Crippen LogP contribution in [0.3, 0.4) is 0 Å². The molecule has 0 amide bonds. The molecule has 5 rings (SSSR count). The number of halogens is 3. The van der Waals surface area contributed by atoms with Crippen molar-refractivity contribution in [2.75, 3.05) is 5.75 Å². The zero-order chi connectivity index (χ0) is 19.5. The summed E-state index contributed by atoms with van der Waals surface area (Å²) in [6.45, 7) is 0. The Morgan fingerprint density at radius 3 is 2.79 bits per heavy atom. The number of hydrogen-bond acceptors (Lipinski definition) is 6. The lowest BCUT2D eigenvalue weighted by Gasteiger charge is -2.14. The predicted molar refractivity (Wildman–Crippen MR) is 91.4 cm³/mol. The van der Waals surface area contributed by atoms with Gasteiger partial charge in [0.2, 0.25) is 17.4 Å². The molecule has 5 heterocycles. The van der Waals surface area contributed by atoms with E-state index in [-0.39, 0.29) is 11.5 Å². The van der Waals surface area contributed by atoms with Crippen LogP contribution >= 0.6 is 0 Å². The van der Waals surface area contributed by atoms with Crippen LogP contribution in [-0.4, -0.2) is 49.5 Å². The van der Waals surface area contributed by atoms with Crippen molar-refractivity contribution >= 4 is 16.6 Å². The number of rotatable bonds is 2. The van der Waals surface area contributed by atoms with Crippen LogP contribution in [0.2, 0.25) is 0 Å². The van der Waals surface area contributed by atoms with E-state index in [1.807, 2.05) is 5.10 Å². The summed E-state index contributed by atoms with van der Waals surface area (Å²) in [5.74, 6) is -0.230. The Morgan fingerprint density at radius 2 is 2.07 bits per heavy atom. The lowest BCUT2D eigenvalue weighted by atomic mass is 10.2. The summed E-state index contributed by atoms with van der Waals surface area (Å²) in [4.78, 5) is 19.3. The van der Waals surface area contributed by atoms with E-state index in [2.05, 4.69) is 30.0 Å². The van der Waals surface area contributed by atoms with Gasteiger partial charge in [0.1, 0.15) is 11.4 Å². The van der Waals surface area contributed by atoms with Gasteiger partial charge in [-0.3, -0.25) is 13.7 Å². The van der Waals surface area contributed by atoms with E-state index in [1.54, 1.807) is 10.6 Å². The fourth-order valence-corrected chi connectivity index (χ4v) is 4.28. The number of nitrogens with zero attached hydrogens (tertiary/aromatic N) is 6.